The molecule has 4 rings (SSSR count). The molecule has 0 aliphatic rings. The maximum atomic E-state index is 14.5. The second kappa shape index (κ2) is 31.4. The summed E-state index contributed by atoms with van der Waals surface area (Å²) in [5, 5.41) is 45.9. The third-order valence-electron chi connectivity index (χ3n) is 11.9. The summed E-state index contributed by atoms with van der Waals surface area (Å²) in [6.07, 6.45) is -1.32. The van der Waals surface area contributed by atoms with Crippen LogP contribution >= 0.6 is 0 Å². The van der Waals surface area contributed by atoms with Gasteiger partial charge in [-0.3, -0.25) is 52.7 Å². The first-order chi connectivity index (χ1) is 37.9. The molecule has 0 spiro atoms. The van der Waals surface area contributed by atoms with E-state index in [1.807, 2.05) is 4.72 Å². The number of fused-ring (bicyclic) bond motifs is 1. The predicted molar refractivity (Wildman–Crippen MR) is 280 cm³/mol. The number of sulfonamides is 1. The summed E-state index contributed by atoms with van der Waals surface area (Å²) in [6.45, 7) is -1.24. The van der Waals surface area contributed by atoms with Crippen molar-refractivity contribution in [2.24, 2.45) is 5.73 Å². The number of nitrogens with one attached hydrogen (secondary N) is 9. The summed E-state index contributed by atoms with van der Waals surface area (Å²) in [6, 6.07) is 8.12. The van der Waals surface area contributed by atoms with E-state index in [0.29, 0.717) is 35.7 Å². The summed E-state index contributed by atoms with van der Waals surface area (Å²) >= 11 is 0. The average molecular weight is 1140 g/mol. The van der Waals surface area contributed by atoms with Gasteiger partial charge in [0.15, 0.2) is 0 Å². The third-order valence-corrected chi connectivity index (χ3v) is 13.4. The number of halogens is 1. The number of amides is 8. The van der Waals surface area contributed by atoms with Crippen LogP contribution in [0.4, 0.5) is 4.39 Å². The van der Waals surface area contributed by atoms with Gasteiger partial charge in [0.2, 0.25) is 57.3 Å². The second-order valence-electron chi connectivity index (χ2n) is 18.1. The van der Waals surface area contributed by atoms with Crippen LogP contribution in [0, 0.1) is 5.82 Å². The maximum absolute atomic E-state index is 14.5. The Hall–Kier alpha value is -8.99. The zero-order valence-corrected chi connectivity index (χ0v) is 44.0. The number of nitrogens with two attached hydrogens (primary N) is 1. The van der Waals surface area contributed by atoms with Gasteiger partial charge in [-0.05, 0) is 79.3 Å². The number of carbonyl (C=O) groups excluding carboxylic acids is 8. The molecule has 0 fully saturated rings. The lowest BCUT2D eigenvalue weighted by Gasteiger charge is -2.26. The van der Waals surface area contributed by atoms with Crippen LogP contribution in [0.5, 0.6) is 5.75 Å². The summed E-state index contributed by atoms with van der Waals surface area (Å²) in [4.78, 5) is 144. The molecule has 80 heavy (non-hydrogen) atoms. The Morgan fingerprint density at radius 3 is 1.81 bits per heavy atom. The Kier molecular flexibility index (Phi) is 25.0. The van der Waals surface area contributed by atoms with Gasteiger partial charge in [0.25, 0.3) is 0 Å². The molecule has 0 saturated heterocycles. The van der Waals surface area contributed by atoms with E-state index in [2.05, 4.69) is 42.2 Å². The smallest absolute Gasteiger partial charge is 0.305 e. The molecule has 0 aliphatic carbocycles. The monoisotopic (exact) mass is 1140 g/mol. The number of unbranched alkanes of at least 4 members (excludes halogenated alkanes) is 2. The molecular weight excluding hydrogens is 1080 g/mol. The van der Waals surface area contributed by atoms with Crippen molar-refractivity contribution in [2.45, 2.75) is 106 Å². The van der Waals surface area contributed by atoms with Crippen molar-refractivity contribution < 1.29 is 85.6 Å². The number of benzene rings is 3. The van der Waals surface area contributed by atoms with E-state index in [0.717, 1.165) is 24.3 Å². The highest BCUT2D eigenvalue weighted by Crippen LogP contribution is 2.20. The highest BCUT2D eigenvalue weighted by atomic mass is 32.2. The number of hydrogen-bond donors (Lipinski definition) is 13. The van der Waals surface area contributed by atoms with Crippen LogP contribution in [0.3, 0.4) is 0 Å². The number of ether oxygens (including phenoxy) is 1. The Morgan fingerprint density at radius 1 is 0.613 bits per heavy atom. The van der Waals surface area contributed by atoms with Crippen LogP contribution in [0.2, 0.25) is 0 Å². The van der Waals surface area contributed by atoms with Gasteiger partial charge in [-0.15, -0.1) is 0 Å². The number of hydrogen-bond acceptors (Lipinski definition) is 14. The van der Waals surface area contributed by atoms with E-state index >= 15 is 0 Å². The Morgan fingerprint density at radius 2 is 1.21 bits per heavy atom. The van der Waals surface area contributed by atoms with E-state index < -0.39 is 161 Å². The van der Waals surface area contributed by atoms with Gasteiger partial charge in [-0.25, -0.2) is 12.8 Å². The van der Waals surface area contributed by atoms with Crippen molar-refractivity contribution in [1.82, 2.24) is 46.9 Å². The van der Waals surface area contributed by atoms with Crippen LogP contribution < -0.4 is 52.4 Å². The molecular formula is C51H63FN10O17S. The molecule has 0 saturated carbocycles. The molecule has 5 atom stereocenters. The van der Waals surface area contributed by atoms with Crippen molar-refractivity contribution in [3.8, 4) is 5.75 Å². The maximum Gasteiger partial charge on any atom is 0.305 e. The van der Waals surface area contributed by atoms with Crippen LogP contribution in [-0.2, 0) is 75.6 Å². The number of carboxylic acid groups (broad SMARTS) is 3. The van der Waals surface area contributed by atoms with E-state index in [1.54, 1.807) is 30.5 Å². The fourth-order valence-corrected chi connectivity index (χ4v) is 9.03. The molecule has 0 radical (unpaired) electrons. The molecule has 1 aromatic heterocycles. The molecule has 3 aromatic carbocycles. The fraction of sp³-hybridized carbons (Fsp3) is 0.392. The first-order valence-electron chi connectivity index (χ1n) is 24.9. The Labute approximate surface area is 457 Å². The highest BCUT2D eigenvalue weighted by Gasteiger charge is 2.34. The van der Waals surface area contributed by atoms with Gasteiger partial charge in [-0.2, -0.15) is 4.72 Å². The molecule has 0 aliphatic heterocycles. The van der Waals surface area contributed by atoms with E-state index in [1.165, 1.54) is 31.4 Å². The Bertz CT molecular complexity index is 2990. The number of aromatic nitrogens is 1. The lowest BCUT2D eigenvalue weighted by atomic mass is 10.0. The van der Waals surface area contributed by atoms with Crippen molar-refractivity contribution in [1.29, 1.82) is 0 Å². The number of methoxy groups -OCH3 is 1. The number of para-hydroxylation sites is 1. The van der Waals surface area contributed by atoms with Gasteiger partial charge in [0.05, 0.1) is 31.5 Å². The molecule has 8 amide bonds. The first-order valence-corrected chi connectivity index (χ1v) is 26.3. The summed E-state index contributed by atoms with van der Waals surface area (Å²) < 4.78 is 47.8. The molecule has 29 heteroatoms. The molecule has 0 bridgehead atoms. The van der Waals surface area contributed by atoms with Gasteiger partial charge < -0.3 is 68.0 Å². The minimum atomic E-state index is -4.59. The van der Waals surface area contributed by atoms with Gasteiger partial charge >= 0.3 is 17.9 Å². The number of primary amides is 1. The highest BCUT2D eigenvalue weighted by molar-refractivity contribution is 7.89. The number of rotatable bonds is 35. The number of carboxylic acids is 3. The molecule has 432 valence electrons. The van der Waals surface area contributed by atoms with Gasteiger partial charge in [0, 0.05) is 55.7 Å². The third kappa shape index (κ3) is 21.8. The van der Waals surface area contributed by atoms with E-state index in [9.17, 15) is 80.9 Å². The topological polar surface area (TPSA) is 430 Å². The number of H-pyrrole nitrogens is 1. The van der Waals surface area contributed by atoms with E-state index in [4.69, 9.17) is 10.5 Å². The SMILES string of the molecule is COc1ccc(S(=O)(=O)N[C@H](CC(=O)O)C(=O)N[C@@H](CCC(=O)O)C(=O)NCC(=O)N[C@@H](Cc2cccc(F)c2)C(=O)N[C@@H](Cc2c[nH]c3ccccc23)C(=O)N[C@@H](CCC(=O)O)C(=O)NCCCCCC(=O)NCC(N)=O)cc1. The predicted octanol–water partition coefficient (Wildman–Crippen LogP) is -1.01. The first kappa shape index (κ1) is 63.5. The van der Waals surface area contributed by atoms with Crippen molar-refractivity contribution in [3.05, 3.63) is 95.9 Å². The molecule has 27 nitrogen and oxygen atoms in total. The van der Waals surface area contributed by atoms with E-state index in [-0.39, 0.29) is 37.2 Å². The normalized spacial score (nSPS) is 13.0. The number of carbonyl (C=O) groups is 11. The molecule has 14 N–H and O–H groups in total. The standard InChI is InChI=1S/C51H63FN10O17S/c1-79-32-13-15-33(16-14-32)80(77,78)62-40(25-46(70)71)51(76)60-37(18-20-45(68)69)48(73)57-28-43(65)58-38(23-29-8-7-9-31(52)22-29)49(74)61-39(24-30-26-55-35-11-5-4-10-34(30)35)50(75)59-36(17-19-44(66)67)47(72)54-21-6-2-3-12-42(64)56-27-41(53)63/h4-5,7-11,13-16,22,26,36-40,55,62H,2-3,6,12,17-21,23-25,27-28H2,1H3,(H2,53,63)(H,54,72)(H,56,64)(H,57,73)(H,58,65)(H,59,75)(H,60,76)(H,61,74)(H,66,67)(H,68,69)(H,70,71)/t36-,37-,38-,39-,40+/m0/s1. The zero-order valence-electron chi connectivity index (χ0n) is 43.2. The summed E-state index contributed by atoms with van der Waals surface area (Å²) in [5.41, 5.74) is 6.35. The zero-order chi connectivity index (χ0) is 58.9. The van der Waals surface area contributed by atoms with Crippen LogP contribution in [0.1, 0.15) is 68.9 Å². The van der Waals surface area contributed by atoms with Crippen molar-refractivity contribution in [2.75, 3.05) is 26.7 Å². The van der Waals surface area contributed by atoms with Crippen LogP contribution in [-0.4, -0.2) is 151 Å². The lowest BCUT2D eigenvalue weighted by Crippen LogP contribution is -2.58. The summed E-state index contributed by atoms with van der Waals surface area (Å²) in [5.74, 6) is -12.4. The molecule has 0 unspecified atom stereocenters. The largest absolute Gasteiger partial charge is 0.497 e. The van der Waals surface area contributed by atoms with Gasteiger partial charge in [-0.1, -0.05) is 36.8 Å². The van der Waals surface area contributed by atoms with Crippen molar-refractivity contribution in [3.63, 3.8) is 0 Å². The molecule has 4 aromatic rings. The Balaban J connectivity index is 1.54. The molecule has 1 heterocycles. The summed E-state index contributed by atoms with van der Waals surface area (Å²) in [7, 11) is -3.26. The second-order valence-corrected chi connectivity index (χ2v) is 19.8. The van der Waals surface area contributed by atoms with Crippen molar-refractivity contribution >= 4 is 86.1 Å². The number of aliphatic carboxylic acids is 3. The number of aromatic amines is 1. The van der Waals surface area contributed by atoms with Crippen LogP contribution in [0.25, 0.3) is 10.9 Å². The average Bonchev–Trinajstić information content (AvgIpc) is 3.81. The fourth-order valence-electron chi connectivity index (χ4n) is 7.83. The minimum Gasteiger partial charge on any atom is -0.497 e. The lowest BCUT2D eigenvalue weighted by molar-refractivity contribution is -0.140. The minimum absolute atomic E-state index is 0.0550. The van der Waals surface area contributed by atoms with Gasteiger partial charge in [0.1, 0.15) is 41.8 Å². The van der Waals surface area contributed by atoms with Crippen LogP contribution in [0.15, 0.2) is 83.9 Å². The quantitative estimate of drug-likeness (QED) is 0.0245.